The van der Waals surface area contributed by atoms with Gasteiger partial charge in [0.25, 0.3) is 0 Å². The number of carbonyl (C=O) groups excluding carboxylic acids is 1. The van der Waals surface area contributed by atoms with Crippen molar-refractivity contribution in [2.75, 3.05) is 45.8 Å². The molecule has 3 rings (SSSR count). The van der Waals surface area contributed by atoms with Crippen LogP contribution in [0.25, 0.3) is 6.08 Å². The highest BCUT2D eigenvalue weighted by atomic mass is 32.2. The van der Waals surface area contributed by atoms with Crippen molar-refractivity contribution < 1.29 is 13.2 Å². The Bertz CT molecular complexity index is 733. The van der Waals surface area contributed by atoms with Gasteiger partial charge >= 0.3 is 0 Å². The van der Waals surface area contributed by atoms with E-state index in [1.165, 1.54) is 22.6 Å². The fraction of sp³-hybridized carbons (Fsp3) is 0.550. The van der Waals surface area contributed by atoms with E-state index < -0.39 is 10.0 Å². The minimum Gasteiger partial charge on any atom is -0.342 e. The van der Waals surface area contributed by atoms with Gasteiger partial charge in [0.15, 0.2) is 0 Å². The zero-order chi connectivity index (χ0) is 19.1. The van der Waals surface area contributed by atoms with Crippen molar-refractivity contribution in [2.24, 2.45) is 0 Å². The first kappa shape index (κ1) is 20.0. The lowest BCUT2D eigenvalue weighted by molar-refractivity contribution is -0.132. The van der Waals surface area contributed by atoms with E-state index in [-0.39, 0.29) is 5.91 Å². The van der Waals surface area contributed by atoms with Gasteiger partial charge in [0, 0.05) is 44.7 Å². The summed E-state index contributed by atoms with van der Waals surface area (Å²) in [5, 5.41) is 1.28. The second kappa shape index (κ2) is 9.48. The molecule has 2 fully saturated rings. The number of likely N-dealkylation sites (tertiary alicyclic amines) is 1. The van der Waals surface area contributed by atoms with E-state index in [1.807, 2.05) is 35.2 Å². The molecule has 0 saturated carbocycles. The third-order valence-corrected chi connectivity index (χ3v) is 6.81. The highest BCUT2D eigenvalue weighted by Crippen LogP contribution is 2.13. The third kappa shape index (κ3) is 5.89. The smallest absolute Gasteiger partial charge is 0.236 e. The largest absolute Gasteiger partial charge is 0.342 e. The first-order valence-electron chi connectivity index (χ1n) is 9.78. The van der Waals surface area contributed by atoms with Gasteiger partial charge in [-0.15, -0.1) is 0 Å². The number of benzene rings is 1. The van der Waals surface area contributed by atoms with Gasteiger partial charge in [-0.1, -0.05) is 43.2 Å². The van der Waals surface area contributed by atoms with E-state index in [9.17, 15) is 13.2 Å². The van der Waals surface area contributed by atoms with Crippen molar-refractivity contribution in [2.45, 2.75) is 25.7 Å². The molecule has 2 aliphatic rings. The Labute approximate surface area is 162 Å². The van der Waals surface area contributed by atoms with E-state index in [1.54, 1.807) is 6.08 Å². The molecule has 0 aliphatic carbocycles. The summed E-state index contributed by atoms with van der Waals surface area (Å²) in [5.74, 6) is 0.178. The normalized spacial score (nSPS) is 20.7. The Hall–Kier alpha value is -1.70. The fourth-order valence-corrected chi connectivity index (χ4v) is 4.74. The topological polar surface area (TPSA) is 60.9 Å². The second-order valence-corrected chi connectivity index (χ2v) is 9.05. The number of nitrogens with zero attached hydrogens (tertiary/aromatic N) is 3. The van der Waals surface area contributed by atoms with Crippen LogP contribution in [-0.2, 0) is 14.8 Å². The summed E-state index contributed by atoms with van der Waals surface area (Å²) < 4.78 is 26.5. The molecule has 7 heteroatoms. The van der Waals surface area contributed by atoms with Crippen molar-refractivity contribution in [1.29, 1.82) is 0 Å². The molecule has 27 heavy (non-hydrogen) atoms. The third-order valence-electron chi connectivity index (χ3n) is 5.24. The first-order chi connectivity index (χ1) is 13.0. The minimum absolute atomic E-state index is 0.178. The number of amides is 1. The molecule has 0 spiro atoms. The zero-order valence-corrected chi connectivity index (χ0v) is 16.6. The zero-order valence-electron chi connectivity index (χ0n) is 15.8. The van der Waals surface area contributed by atoms with Crippen LogP contribution in [0.4, 0.5) is 0 Å². The first-order valence-corrected chi connectivity index (χ1v) is 11.3. The van der Waals surface area contributed by atoms with E-state index in [0.29, 0.717) is 32.7 Å². The summed E-state index contributed by atoms with van der Waals surface area (Å²) in [4.78, 5) is 16.5. The summed E-state index contributed by atoms with van der Waals surface area (Å²) in [6.07, 6.45) is 6.22. The predicted octanol–water partition coefficient (Wildman–Crippen LogP) is 2.01. The van der Waals surface area contributed by atoms with Crippen molar-refractivity contribution in [3.63, 3.8) is 0 Å². The van der Waals surface area contributed by atoms with Crippen LogP contribution in [-0.4, -0.2) is 74.2 Å². The summed E-state index contributed by atoms with van der Waals surface area (Å²) in [6, 6.07) is 9.41. The highest BCUT2D eigenvalue weighted by Gasteiger charge is 2.27. The molecule has 6 nitrogen and oxygen atoms in total. The fourth-order valence-electron chi connectivity index (χ4n) is 3.57. The van der Waals surface area contributed by atoms with Crippen LogP contribution >= 0.6 is 0 Å². The molecule has 148 valence electrons. The summed E-state index contributed by atoms with van der Waals surface area (Å²) in [6.45, 7) is 4.15. The molecule has 0 aromatic heterocycles. The van der Waals surface area contributed by atoms with E-state index >= 15 is 0 Å². The monoisotopic (exact) mass is 391 g/mol. The van der Waals surface area contributed by atoms with Crippen molar-refractivity contribution in [3.8, 4) is 0 Å². The van der Waals surface area contributed by atoms with Crippen LogP contribution < -0.4 is 0 Å². The van der Waals surface area contributed by atoms with Gasteiger partial charge in [-0.3, -0.25) is 9.69 Å². The van der Waals surface area contributed by atoms with Gasteiger partial charge in [0.05, 0.1) is 6.54 Å². The van der Waals surface area contributed by atoms with Crippen LogP contribution in [0.15, 0.2) is 35.7 Å². The number of carbonyl (C=O) groups is 1. The van der Waals surface area contributed by atoms with Crippen LogP contribution in [0.3, 0.4) is 0 Å². The molecule has 0 unspecified atom stereocenters. The van der Waals surface area contributed by atoms with Gasteiger partial charge < -0.3 is 4.90 Å². The molecular formula is C20H29N3O3S. The lowest BCUT2D eigenvalue weighted by atomic mass is 10.2. The molecule has 2 saturated heterocycles. The van der Waals surface area contributed by atoms with E-state index in [0.717, 1.165) is 31.5 Å². The van der Waals surface area contributed by atoms with Gasteiger partial charge in [-0.25, -0.2) is 8.42 Å². The Morgan fingerprint density at radius 1 is 0.889 bits per heavy atom. The number of hydrogen-bond donors (Lipinski definition) is 0. The SMILES string of the molecule is O=C(CN1CCN(S(=O)(=O)/C=C/c2ccccc2)CC1)N1CCCCCC1. The van der Waals surface area contributed by atoms with Gasteiger partial charge in [0.2, 0.25) is 15.9 Å². The molecule has 2 heterocycles. The summed E-state index contributed by atoms with van der Waals surface area (Å²) >= 11 is 0. The number of rotatable bonds is 5. The predicted molar refractivity (Wildman–Crippen MR) is 107 cm³/mol. The second-order valence-electron chi connectivity index (χ2n) is 7.23. The molecule has 1 amide bonds. The van der Waals surface area contributed by atoms with Crippen LogP contribution in [0, 0.1) is 0 Å². The molecule has 2 aliphatic heterocycles. The molecular weight excluding hydrogens is 362 g/mol. The Morgan fingerprint density at radius 2 is 1.52 bits per heavy atom. The van der Waals surface area contributed by atoms with Crippen molar-refractivity contribution in [1.82, 2.24) is 14.1 Å². The lowest BCUT2D eigenvalue weighted by Gasteiger charge is -2.34. The maximum Gasteiger partial charge on any atom is 0.236 e. The summed E-state index contributed by atoms with van der Waals surface area (Å²) in [5.41, 5.74) is 0.864. The lowest BCUT2D eigenvalue weighted by Crippen LogP contribution is -2.51. The molecule has 1 aromatic rings. The van der Waals surface area contributed by atoms with Crippen LogP contribution in [0.2, 0.25) is 0 Å². The Kier molecular flexibility index (Phi) is 7.04. The van der Waals surface area contributed by atoms with Crippen molar-refractivity contribution in [3.05, 3.63) is 41.3 Å². The number of sulfonamides is 1. The quantitative estimate of drug-likeness (QED) is 0.770. The maximum atomic E-state index is 12.5. The van der Waals surface area contributed by atoms with E-state index in [4.69, 9.17) is 0 Å². The van der Waals surface area contributed by atoms with Crippen molar-refractivity contribution >= 4 is 22.0 Å². The minimum atomic E-state index is -3.43. The summed E-state index contributed by atoms with van der Waals surface area (Å²) in [7, 11) is -3.43. The maximum absolute atomic E-state index is 12.5. The average molecular weight is 392 g/mol. The molecule has 0 bridgehead atoms. The van der Waals surface area contributed by atoms with Crippen LogP contribution in [0.5, 0.6) is 0 Å². The van der Waals surface area contributed by atoms with E-state index in [2.05, 4.69) is 4.90 Å². The van der Waals surface area contributed by atoms with Crippen LogP contribution in [0.1, 0.15) is 31.2 Å². The molecule has 0 N–H and O–H groups in total. The van der Waals surface area contributed by atoms with Gasteiger partial charge in [0.1, 0.15) is 0 Å². The van der Waals surface area contributed by atoms with Gasteiger partial charge in [-0.05, 0) is 24.5 Å². The molecule has 0 atom stereocenters. The number of hydrogen-bond acceptors (Lipinski definition) is 4. The highest BCUT2D eigenvalue weighted by molar-refractivity contribution is 7.92. The Morgan fingerprint density at radius 3 is 2.15 bits per heavy atom. The van der Waals surface area contributed by atoms with Gasteiger partial charge in [-0.2, -0.15) is 4.31 Å². The molecule has 1 aromatic carbocycles. The molecule has 0 radical (unpaired) electrons. The average Bonchev–Trinajstić information content (AvgIpc) is 2.97. The number of piperazine rings is 1. The Balaban J connectivity index is 1.49. The standard InChI is InChI=1S/C20H29N3O3S/c24-20(22-11-6-1-2-7-12-22)18-21-13-15-23(16-14-21)27(25,26)17-10-19-8-4-3-5-9-19/h3-5,8-10,17H,1-2,6-7,11-16,18H2/b17-10+.